The van der Waals surface area contributed by atoms with Crippen LogP contribution < -0.4 is 10.9 Å². The minimum absolute atomic E-state index is 0.0785. The molecule has 6 heteroatoms. The first kappa shape index (κ1) is 14.3. The Morgan fingerprint density at radius 3 is 2.68 bits per heavy atom. The number of aromatic amines is 1. The van der Waals surface area contributed by atoms with E-state index in [1.165, 1.54) is 6.20 Å². The normalized spacial score (nSPS) is 21.1. The van der Waals surface area contributed by atoms with Crippen molar-refractivity contribution >= 4 is 17.3 Å². The predicted molar refractivity (Wildman–Crippen MR) is 75.6 cm³/mol. The Morgan fingerprint density at radius 2 is 2.05 bits per heavy atom. The highest BCUT2D eigenvalue weighted by Crippen LogP contribution is 2.40. The highest BCUT2D eigenvalue weighted by molar-refractivity contribution is 6.32. The van der Waals surface area contributed by atoms with Gasteiger partial charge >= 0.3 is 0 Å². The molecule has 0 bridgehead atoms. The molecule has 19 heavy (non-hydrogen) atoms. The van der Waals surface area contributed by atoms with Crippen LogP contribution in [-0.2, 0) is 0 Å². The second-order valence-corrected chi connectivity index (χ2v) is 6.55. The van der Waals surface area contributed by atoms with Crippen LogP contribution in [0.15, 0.2) is 11.0 Å². The molecule has 106 valence electrons. The molecule has 0 saturated heterocycles. The minimum Gasteiger partial charge on any atom is -0.388 e. The van der Waals surface area contributed by atoms with Crippen LogP contribution in [0.5, 0.6) is 0 Å². The molecule has 1 aliphatic rings. The van der Waals surface area contributed by atoms with Crippen LogP contribution >= 0.6 is 11.6 Å². The fourth-order valence-corrected chi connectivity index (χ4v) is 2.49. The number of anilines is 1. The summed E-state index contributed by atoms with van der Waals surface area (Å²) in [5.74, 6) is 0. The zero-order chi connectivity index (χ0) is 14.1. The van der Waals surface area contributed by atoms with E-state index in [1.54, 1.807) is 0 Å². The van der Waals surface area contributed by atoms with E-state index in [4.69, 9.17) is 11.6 Å². The fourth-order valence-electron chi connectivity index (χ4n) is 2.34. The summed E-state index contributed by atoms with van der Waals surface area (Å²) in [6.07, 6.45) is 4.95. The van der Waals surface area contributed by atoms with E-state index in [2.05, 4.69) is 29.4 Å². The molecule has 1 aliphatic carbocycles. The maximum absolute atomic E-state index is 11.3. The number of hydrogen-bond donors (Lipinski definition) is 3. The van der Waals surface area contributed by atoms with Gasteiger partial charge in [0.2, 0.25) is 0 Å². The number of nitrogens with zero attached hydrogens (tertiary/aromatic N) is 1. The summed E-state index contributed by atoms with van der Waals surface area (Å²) in [4.78, 5) is 11.3. The Balaban J connectivity index is 1.99. The topological polar surface area (TPSA) is 78.0 Å². The molecule has 3 N–H and O–H groups in total. The molecule has 0 radical (unpaired) electrons. The van der Waals surface area contributed by atoms with Crippen LogP contribution in [0.1, 0.15) is 39.5 Å². The Labute approximate surface area is 117 Å². The van der Waals surface area contributed by atoms with E-state index in [9.17, 15) is 9.90 Å². The number of aromatic nitrogens is 2. The fraction of sp³-hybridized carbons (Fsp3) is 0.692. The van der Waals surface area contributed by atoms with Crippen LogP contribution in [0.4, 0.5) is 5.69 Å². The molecule has 0 atom stereocenters. The van der Waals surface area contributed by atoms with E-state index in [0.717, 1.165) is 25.7 Å². The maximum atomic E-state index is 11.3. The third kappa shape index (κ3) is 3.48. The van der Waals surface area contributed by atoms with Crippen LogP contribution in [0.2, 0.25) is 5.02 Å². The largest absolute Gasteiger partial charge is 0.388 e. The maximum Gasteiger partial charge on any atom is 0.285 e. The SMILES string of the molecule is CC1(C)CCC(O)(CNc2cn[nH]c(=O)c2Cl)CC1. The summed E-state index contributed by atoms with van der Waals surface area (Å²) in [6.45, 7) is 4.82. The summed E-state index contributed by atoms with van der Waals surface area (Å²) in [5.41, 5.74) is -0.399. The van der Waals surface area contributed by atoms with Crippen molar-refractivity contribution in [1.29, 1.82) is 0 Å². The van der Waals surface area contributed by atoms with Crippen LogP contribution in [0.3, 0.4) is 0 Å². The molecule has 1 fully saturated rings. The second kappa shape index (κ2) is 5.13. The zero-order valence-electron chi connectivity index (χ0n) is 11.3. The van der Waals surface area contributed by atoms with Gasteiger partial charge in [0, 0.05) is 6.54 Å². The van der Waals surface area contributed by atoms with Gasteiger partial charge in [0.1, 0.15) is 5.02 Å². The number of hydrogen-bond acceptors (Lipinski definition) is 4. The van der Waals surface area contributed by atoms with E-state index in [1.807, 2.05) is 0 Å². The lowest BCUT2D eigenvalue weighted by Gasteiger charge is -2.40. The van der Waals surface area contributed by atoms with Crippen LogP contribution in [0.25, 0.3) is 0 Å². The molecular formula is C13H20ClN3O2. The average molecular weight is 286 g/mol. The quantitative estimate of drug-likeness (QED) is 0.795. The van der Waals surface area contributed by atoms with Crippen molar-refractivity contribution in [1.82, 2.24) is 10.2 Å². The number of aliphatic hydroxyl groups is 1. The van der Waals surface area contributed by atoms with E-state index in [-0.39, 0.29) is 5.02 Å². The Morgan fingerprint density at radius 1 is 1.42 bits per heavy atom. The number of H-pyrrole nitrogens is 1. The molecule has 1 saturated carbocycles. The zero-order valence-corrected chi connectivity index (χ0v) is 12.0. The molecule has 0 aliphatic heterocycles. The van der Waals surface area contributed by atoms with Crippen molar-refractivity contribution in [3.05, 3.63) is 21.6 Å². The highest BCUT2D eigenvalue weighted by Gasteiger charge is 2.36. The standard InChI is InChI=1S/C13H20ClN3O2/c1-12(2)3-5-13(19,6-4-12)8-15-9-7-16-17-11(18)10(9)14/h7,19H,3-6,8H2,1-2H3,(H2,15,17,18). The molecule has 5 nitrogen and oxygen atoms in total. The van der Waals surface area contributed by atoms with E-state index >= 15 is 0 Å². The van der Waals surface area contributed by atoms with Gasteiger partial charge in [0.25, 0.3) is 5.56 Å². The van der Waals surface area contributed by atoms with E-state index in [0.29, 0.717) is 17.6 Å². The molecule has 0 amide bonds. The van der Waals surface area contributed by atoms with Crippen molar-refractivity contribution in [2.75, 3.05) is 11.9 Å². The first-order chi connectivity index (χ1) is 8.81. The average Bonchev–Trinajstić information content (AvgIpc) is 2.36. The monoisotopic (exact) mass is 285 g/mol. The van der Waals surface area contributed by atoms with Gasteiger partial charge in [0.05, 0.1) is 17.5 Å². The van der Waals surface area contributed by atoms with Gasteiger partial charge in [-0.3, -0.25) is 4.79 Å². The molecule has 0 spiro atoms. The lowest BCUT2D eigenvalue weighted by molar-refractivity contribution is -0.0145. The van der Waals surface area contributed by atoms with Gasteiger partial charge in [-0.2, -0.15) is 5.10 Å². The van der Waals surface area contributed by atoms with Gasteiger partial charge in [0.15, 0.2) is 0 Å². The summed E-state index contributed by atoms with van der Waals surface area (Å²) >= 11 is 5.87. The third-order valence-corrected chi connectivity index (χ3v) is 4.31. The number of halogens is 1. The molecule has 0 aromatic carbocycles. The van der Waals surface area contributed by atoms with Gasteiger partial charge in [-0.25, -0.2) is 5.10 Å². The van der Waals surface area contributed by atoms with Crippen molar-refractivity contribution in [2.45, 2.75) is 45.1 Å². The smallest absolute Gasteiger partial charge is 0.285 e. The first-order valence-corrected chi connectivity index (χ1v) is 6.89. The Bertz CT molecular complexity index is 503. The molecule has 1 heterocycles. The predicted octanol–water partition coefficient (Wildman–Crippen LogP) is 2.17. The summed E-state index contributed by atoms with van der Waals surface area (Å²) < 4.78 is 0. The van der Waals surface area contributed by atoms with Gasteiger partial charge in [-0.15, -0.1) is 0 Å². The summed E-state index contributed by atoms with van der Waals surface area (Å²) in [7, 11) is 0. The summed E-state index contributed by atoms with van der Waals surface area (Å²) in [6, 6.07) is 0. The Kier molecular flexibility index (Phi) is 3.87. The van der Waals surface area contributed by atoms with Crippen molar-refractivity contribution in [3.8, 4) is 0 Å². The lowest BCUT2D eigenvalue weighted by atomic mass is 9.71. The Hall–Kier alpha value is -1.07. The first-order valence-electron chi connectivity index (χ1n) is 6.51. The van der Waals surface area contributed by atoms with Crippen molar-refractivity contribution in [2.24, 2.45) is 5.41 Å². The van der Waals surface area contributed by atoms with E-state index < -0.39 is 11.2 Å². The molecule has 2 rings (SSSR count). The molecule has 0 unspecified atom stereocenters. The lowest BCUT2D eigenvalue weighted by Crippen LogP contribution is -2.42. The highest BCUT2D eigenvalue weighted by atomic mass is 35.5. The number of nitrogens with one attached hydrogen (secondary N) is 2. The molecular weight excluding hydrogens is 266 g/mol. The van der Waals surface area contributed by atoms with Gasteiger partial charge in [-0.1, -0.05) is 25.4 Å². The molecule has 1 aromatic rings. The van der Waals surface area contributed by atoms with Crippen LogP contribution in [0, 0.1) is 5.41 Å². The third-order valence-electron chi connectivity index (χ3n) is 3.94. The van der Waals surface area contributed by atoms with Crippen molar-refractivity contribution < 1.29 is 5.11 Å². The minimum atomic E-state index is -0.735. The summed E-state index contributed by atoms with van der Waals surface area (Å²) in [5, 5.41) is 19.6. The number of rotatable bonds is 3. The van der Waals surface area contributed by atoms with Crippen molar-refractivity contribution in [3.63, 3.8) is 0 Å². The van der Waals surface area contributed by atoms with Crippen LogP contribution in [-0.4, -0.2) is 27.4 Å². The van der Waals surface area contributed by atoms with Gasteiger partial charge in [-0.05, 0) is 31.1 Å². The second-order valence-electron chi connectivity index (χ2n) is 6.17. The van der Waals surface area contributed by atoms with Gasteiger partial charge < -0.3 is 10.4 Å². The molecule has 1 aromatic heterocycles.